The number of ether oxygens (including phenoxy) is 1. The molecule has 0 amide bonds. The van der Waals surface area contributed by atoms with Gasteiger partial charge in [0.2, 0.25) is 10.0 Å². The molecule has 2 rings (SSSR count). The van der Waals surface area contributed by atoms with Gasteiger partial charge in [-0.25, -0.2) is 22.7 Å². The molecule has 0 fully saturated rings. The fraction of sp³-hybridized carbons (Fsp3) is 0.188. The molecule has 0 unspecified atom stereocenters. The number of esters is 1. The molecule has 24 heavy (non-hydrogen) atoms. The Labute approximate surface area is 144 Å². The van der Waals surface area contributed by atoms with E-state index in [2.05, 4.69) is 0 Å². The number of carbonyl (C=O) groups is 1. The monoisotopic (exact) mass is 371 g/mol. The van der Waals surface area contributed by atoms with Gasteiger partial charge in [0, 0.05) is 5.56 Å². The number of primary sulfonamides is 1. The molecule has 0 spiro atoms. The number of halogens is 2. The van der Waals surface area contributed by atoms with E-state index in [1.165, 1.54) is 24.3 Å². The van der Waals surface area contributed by atoms with Crippen LogP contribution < -0.4 is 5.14 Å². The molecule has 8 heteroatoms. The third-order valence-corrected chi connectivity index (χ3v) is 4.92. The van der Waals surface area contributed by atoms with Gasteiger partial charge in [-0.15, -0.1) is 0 Å². The van der Waals surface area contributed by atoms with Crippen molar-refractivity contribution in [3.05, 3.63) is 63.4 Å². The lowest BCUT2D eigenvalue weighted by molar-refractivity contribution is 0.0472. The molecule has 0 saturated carbocycles. The quantitative estimate of drug-likeness (QED) is 0.836. The molecule has 0 saturated heterocycles. The van der Waals surface area contributed by atoms with Gasteiger partial charge in [0.1, 0.15) is 12.4 Å². The summed E-state index contributed by atoms with van der Waals surface area (Å²) in [4.78, 5) is 12.0. The molecule has 2 aromatic rings. The normalized spacial score (nSPS) is 11.4. The van der Waals surface area contributed by atoms with Gasteiger partial charge in [-0.2, -0.15) is 0 Å². The predicted octanol–water partition coefficient (Wildman–Crippen LogP) is 3.10. The van der Waals surface area contributed by atoms with E-state index in [1.807, 2.05) is 0 Å². The fourth-order valence-corrected chi connectivity index (χ4v) is 3.21. The van der Waals surface area contributed by atoms with Crippen LogP contribution in [-0.2, 0) is 21.4 Å². The minimum Gasteiger partial charge on any atom is -0.457 e. The van der Waals surface area contributed by atoms with Crippen molar-refractivity contribution < 1.29 is 22.3 Å². The lowest BCUT2D eigenvalue weighted by atomic mass is 10.1. The maximum atomic E-state index is 13.0. The van der Waals surface area contributed by atoms with E-state index < -0.39 is 21.8 Å². The zero-order chi connectivity index (χ0) is 18.1. The molecule has 2 N–H and O–H groups in total. The van der Waals surface area contributed by atoms with Crippen molar-refractivity contribution in [2.45, 2.75) is 25.3 Å². The Balaban J connectivity index is 2.26. The maximum absolute atomic E-state index is 13.0. The first kappa shape index (κ1) is 18.4. The largest absolute Gasteiger partial charge is 0.457 e. The van der Waals surface area contributed by atoms with Crippen molar-refractivity contribution in [3.8, 4) is 0 Å². The van der Waals surface area contributed by atoms with Crippen LogP contribution in [0.5, 0.6) is 0 Å². The summed E-state index contributed by atoms with van der Waals surface area (Å²) in [5.74, 6) is -1.23. The third kappa shape index (κ3) is 4.11. The molecule has 128 valence electrons. The SMILES string of the molecule is Cc1cc(C(=O)OCc2ccc(F)cc2Cl)cc(S(N)(=O)=O)c1C. The van der Waals surface area contributed by atoms with Crippen LogP contribution >= 0.6 is 11.6 Å². The Hall–Kier alpha value is -1.96. The van der Waals surface area contributed by atoms with Crippen molar-refractivity contribution in [3.63, 3.8) is 0 Å². The van der Waals surface area contributed by atoms with Gasteiger partial charge in [0.05, 0.1) is 15.5 Å². The van der Waals surface area contributed by atoms with Crippen LogP contribution in [0.2, 0.25) is 5.02 Å². The number of hydrogen-bond donors (Lipinski definition) is 1. The number of benzene rings is 2. The molecule has 0 aromatic heterocycles. The van der Waals surface area contributed by atoms with Gasteiger partial charge in [0.15, 0.2) is 0 Å². The van der Waals surface area contributed by atoms with Gasteiger partial charge in [-0.05, 0) is 49.2 Å². The van der Waals surface area contributed by atoms with Crippen molar-refractivity contribution in [2.75, 3.05) is 0 Å². The predicted molar refractivity (Wildman–Crippen MR) is 87.8 cm³/mol. The first-order chi connectivity index (χ1) is 11.1. The van der Waals surface area contributed by atoms with Gasteiger partial charge in [0.25, 0.3) is 0 Å². The molecule has 0 aliphatic carbocycles. The molecule has 2 aromatic carbocycles. The van der Waals surface area contributed by atoms with E-state index >= 15 is 0 Å². The molecule has 0 heterocycles. The van der Waals surface area contributed by atoms with Crippen LogP contribution in [0.1, 0.15) is 27.0 Å². The van der Waals surface area contributed by atoms with Crippen molar-refractivity contribution in [2.24, 2.45) is 5.14 Å². The summed E-state index contributed by atoms with van der Waals surface area (Å²) in [6.45, 7) is 3.09. The summed E-state index contributed by atoms with van der Waals surface area (Å²) >= 11 is 5.86. The standard InChI is InChI=1S/C16H15ClFNO4S/c1-9-5-12(6-15(10(9)2)24(19,21)22)16(20)23-8-11-3-4-13(18)7-14(11)17/h3-7H,8H2,1-2H3,(H2,19,21,22). The van der Waals surface area contributed by atoms with E-state index in [-0.39, 0.29) is 22.1 Å². The van der Waals surface area contributed by atoms with Crippen LogP contribution in [0.15, 0.2) is 35.2 Å². The highest BCUT2D eigenvalue weighted by atomic mass is 35.5. The number of sulfonamides is 1. The Morgan fingerprint density at radius 1 is 1.25 bits per heavy atom. The summed E-state index contributed by atoms with van der Waals surface area (Å²) in [5, 5.41) is 5.29. The molecule has 0 aliphatic rings. The maximum Gasteiger partial charge on any atom is 0.338 e. The molecule has 5 nitrogen and oxygen atoms in total. The smallest absolute Gasteiger partial charge is 0.338 e. The molecule has 0 aliphatic heterocycles. The lowest BCUT2D eigenvalue weighted by Crippen LogP contribution is -2.16. The van der Waals surface area contributed by atoms with E-state index in [1.54, 1.807) is 13.8 Å². The summed E-state index contributed by atoms with van der Waals surface area (Å²) in [5.41, 5.74) is 1.55. The highest BCUT2D eigenvalue weighted by molar-refractivity contribution is 7.89. The minimum absolute atomic E-state index is 0.0559. The summed E-state index contributed by atoms with van der Waals surface area (Å²) in [6, 6.07) is 6.40. The number of aryl methyl sites for hydroxylation is 1. The van der Waals surface area contributed by atoms with Crippen molar-refractivity contribution in [1.82, 2.24) is 0 Å². The van der Waals surface area contributed by atoms with E-state index in [9.17, 15) is 17.6 Å². The summed E-state index contributed by atoms with van der Waals surface area (Å²) in [7, 11) is -3.96. The average molecular weight is 372 g/mol. The Bertz CT molecular complexity index is 913. The van der Waals surface area contributed by atoms with Crippen molar-refractivity contribution >= 4 is 27.6 Å². The number of carbonyl (C=O) groups excluding carboxylic acids is 1. The van der Waals surface area contributed by atoms with Crippen molar-refractivity contribution in [1.29, 1.82) is 0 Å². The topological polar surface area (TPSA) is 86.5 Å². The van der Waals surface area contributed by atoms with Crippen LogP contribution in [-0.4, -0.2) is 14.4 Å². The average Bonchev–Trinajstić information content (AvgIpc) is 2.47. The third-order valence-electron chi connectivity index (χ3n) is 3.54. The summed E-state index contributed by atoms with van der Waals surface area (Å²) in [6.07, 6.45) is 0. The van der Waals surface area contributed by atoms with E-state index in [4.69, 9.17) is 21.5 Å². The lowest BCUT2D eigenvalue weighted by Gasteiger charge is -2.11. The minimum atomic E-state index is -3.96. The fourth-order valence-electron chi connectivity index (χ4n) is 2.11. The van der Waals surface area contributed by atoms with Gasteiger partial charge in [-0.3, -0.25) is 0 Å². The molecule has 0 bridgehead atoms. The van der Waals surface area contributed by atoms with Crippen LogP contribution in [0.3, 0.4) is 0 Å². The highest BCUT2D eigenvalue weighted by Crippen LogP contribution is 2.22. The first-order valence-corrected chi connectivity index (χ1v) is 8.77. The highest BCUT2D eigenvalue weighted by Gasteiger charge is 2.18. The Kier molecular flexibility index (Phi) is 5.27. The zero-order valence-corrected chi connectivity index (χ0v) is 14.5. The van der Waals surface area contributed by atoms with Crippen LogP contribution in [0.4, 0.5) is 4.39 Å². The number of nitrogens with two attached hydrogens (primary N) is 1. The number of rotatable bonds is 4. The summed E-state index contributed by atoms with van der Waals surface area (Å²) < 4.78 is 41.3. The van der Waals surface area contributed by atoms with Crippen LogP contribution in [0.25, 0.3) is 0 Å². The second-order valence-electron chi connectivity index (χ2n) is 5.27. The van der Waals surface area contributed by atoms with Gasteiger partial charge in [-0.1, -0.05) is 17.7 Å². The second kappa shape index (κ2) is 6.88. The molecular weight excluding hydrogens is 357 g/mol. The van der Waals surface area contributed by atoms with E-state index in [0.29, 0.717) is 16.7 Å². The molecule has 0 atom stereocenters. The zero-order valence-electron chi connectivity index (χ0n) is 13.0. The Morgan fingerprint density at radius 3 is 2.50 bits per heavy atom. The second-order valence-corrected chi connectivity index (χ2v) is 7.21. The van der Waals surface area contributed by atoms with Crippen LogP contribution in [0, 0.1) is 19.7 Å². The van der Waals surface area contributed by atoms with Gasteiger partial charge >= 0.3 is 5.97 Å². The van der Waals surface area contributed by atoms with Gasteiger partial charge < -0.3 is 4.74 Å². The number of hydrogen-bond acceptors (Lipinski definition) is 4. The molecule has 0 radical (unpaired) electrons. The Morgan fingerprint density at radius 2 is 1.92 bits per heavy atom. The first-order valence-electron chi connectivity index (χ1n) is 6.84. The molecular formula is C16H15ClFNO4S. The van der Waals surface area contributed by atoms with E-state index in [0.717, 1.165) is 6.07 Å².